The summed E-state index contributed by atoms with van der Waals surface area (Å²) in [4.78, 5) is 11.2. The molecule has 0 aromatic carbocycles. The quantitative estimate of drug-likeness (QED) is 0.583. The lowest BCUT2D eigenvalue weighted by Crippen LogP contribution is -1.95. The van der Waals surface area contributed by atoms with Gasteiger partial charge in [-0.3, -0.25) is 4.79 Å². The highest BCUT2D eigenvalue weighted by Gasteiger charge is 2.17. The SMILES string of the molecule is CCCCCCCCC1=C(C)N=NC1=O. The second kappa shape index (κ2) is 6.49. The average Bonchev–Trinajstić information content (AvgIpc) is 2.54. The van der Waals surface area contributed by atoms with Crippen LogP contribution in [0.4, 0.5) is 0 Å². The number of carbonyl (C=O) groups is 1. The molecule has 0 radical (unpaired) electrons. The van der Waals surface area contributed by atoms with Gasteiger partial charge in [0.15, 0.2) is 0 Å². The molecule has 1 aliphatic rings. The van der Waals surface area contributed by atoms with Crippen molar-refractivity contribution in [3.63, 3.8) is 0 Å². The van der Waals surface area contributed by atoms with E-state index in [4.69, 9.17) is 0 Å². The van der Waals surface area contributed by atoms with Crippen LogP contribution in [0, 0.1) is 0 Å². The van der Waals surface area contributed by atoms with Crippen LogP contribution in [0.25, 0.3) is 0 Å². The van der Waals surface area contributed by atoms with Crippen molar-refractivity contribution in [1.29, 1.82) is 0 Å². The number of unbranched alkanes of at least 4 members (excludes halogenated alkanes) is 5. The minimum absolute atomic E-state index is 0.124. The molecular weight excluding hydrogens is 188 g/mol. The lowest BCUT2D eigenvalue weighted by molar-refractivity contribution is -0.114. The van der Waals surface area contributed by atoms with Crippen LogP contribution >= 0.6 is 0 Å². The van der Waals surface area contributed by atoms with Crippen molar-refractivity contribution < 1.29 is 4.79 Å². The van der Waals surface area contributed by atoms with E-state index < -0.39 is 0 Å². The van der Waals surface area contributed by atoms with Crippen LogP contribution < -0.4 is 0 Å². The van der Waals surface area contributed by atoms with Gasteiger partial charge in [-0.2, -0.15) is 5.11 Å². The molecule has 0 aromatic heterocycles. The van der Waals surface area contributed by atoms with Gasteiger partial charge in [-0.05, 0) is 19.8 Å². The van der Waals surface area contributed by atoms with Gasteiger partial charge in [-0.1, -0.05) is 39.0 Å². The molecule has 1 rings (SSSR count). The molecule has 0 fully saturated rings. The van der Waals surface area contributed by atoms with Crippen molar-refractivity contribution in [2.45, 2.75) is 58.8 Å². The van der Waals surface area contributed by atoms with Crippen LogP contribution in [-0.2, 0) is 4.79 Å². The topological polar surface area (TPSA) is 41.8 Å². The van der Waals surface area contributed by atoms with Crippen LogP contribution in [0.3, 0.4) is 0 Å². The Morgan fingerprint density at radius 3 is 2.27 bits per heavy atom. The van der Waals surface area contributed by atoms with E-state index in [9.17, 15) is 4.79 Å². The fourth-order valence-electron chi connectivity index (χ4n) is 1.77. The van der Waals surface area contributed by atoms with E-state index in [1.807, 2.05) is 6.92 Å². The van der Waals surface area contributed by atoms with E-state index in [1.165, 1.54) is 32.1 Å². The molecule has 1 heterocycles. The Balaban J connectivity index is 2.11. The Morgan fingerprint density at radius 2 is 1.67 bits per heavy atom. The number of amides is 1. The molecule has 0 aromatic rings. The standard InChI is InChI=1S/C12H20N2O/c1-3-4-5-6-7-8-9-11-10(2)13-14-12(11)15/h3-9H2,1-2H3. The number of nitrogens with zero attached hydrogens (tertiary/aromatic N) is 2. The summed E-state index contributed by atoms with van der Waals surface area (Å²) in [6.45, 7) is 4.08. The summed E-state index contributed by atoms with van der Waals surface area (Å²) in [6.07, 6.45) is 8.35. The molecule has 0 atom stereocenters. The van der Waals surface area contributed by atoms with Crippen molar-refractivity contribution in [1.82, 2.24) is 0 Å². The first kappa shape index (κ1) is 12.1. The van der Waals surface area contributed by atoms with Crippen molar-refractivity contribution >= 4 is 5.91 Å². The van der Waals surface area contributed by atoms with Crippen LogP contribution in [-0.4, -0.2) is 5.91 Å². The predicted octanol–water partition coefficient (Wildman–Crippen LogP) is 4.00. The van der Waals surface area contributed by atoms with Crippen LogP contribution in [0.15, 0.2) is 21.5 Å². The monoisotopic (exact) mass is 208 g/mol. The Morgan fingerprint density at radius 1 is 1.00 bits per heavy atom. The third-order valence-electron chi connectivity index (χ3n) is 2.77. The van der Waals surface area contributed by atoms with Crippen LogP contribution in [0.1, 0.15) is 58.8 Å². The molecule has 0 N–H and O–H groups in total. The van der Waals surface area contributed by atoms with Gasteiger partial charge in [0, 0.05) is 5.57 Å². The van der Waals surface area contributed by atoms with E-state index in [1.54, 1.807) is 0 Å². The second-order valence-corrected chi connectivity index (χ2v) is 4.09. The number of rotatable bonds is 7. The summed E-state index contributed by atoms with van der Waals surface area (Å²) in [6, 6.07) is 0. The molecule has 0 saturated heterocycles. The van der Waals surface area contributed by atoms with Crippen molar-refractivity contribution in [2.75, 3.05) is 0 Å². The van der Waals surface area contributed by atoms with E-state index in [2.05, 4.69) is 17.2 Å². The molecular formula is C12H20N2O. The first-order valence-corrected chi connectivity index (χ1v) is 5.91. The van der Waals surface area contributed by atoms with Gasteiger partial charge in [0.05, 0.1) is 5.70 Å². The van der Waals surface area contributed by atoms with Gasteiger partial charge in [-0.15, -0.1) is 5.11 Å². The number of carbonyl (C=O) groups excluding carboxylic acids is 1. The van der Waals surface area contributed by atoms with E-state index in [0.717, 1.165) is 24.1 Å². The first-order chi connectivity index (χ1) is 7.25. The van der Waals surface area contributed by atoms with Gasteiger partial charge in [0.25, 0.3) is 5.91 Å². The van der Waals surface area contributed by atoms with E-state index >= 15 is 0 Å². The van der Waals surface area contributed by atoms with E-state index in [0.29, 0.717) is 0 Å². The molecule has 0 spiro atoms. The molecule has 0 saturated carbocycles. The highest BCUT2D eigenvalue weighted by atomic mass is 16.2. The maximum Gasteiger partial charge on any atom is 0.293 e. The molecule has 1 amide bonds. The van der Waals surface area contributed by atoms with Crippen LogP contribution in [0.2, 0.25) is 0 Å². The number of hydrogen-bond donors (Lipinski definition) is 0. The Bertz CT molecular complexity index is 279. The summed E-state index contributed by atoms with van der Waals surface area (Å²) >= 11 is 0. The van der Waals surface area contributed by atoms with E-state index in [-0.39, 0.29) is 5.91 Å². The summed E-state index contributed by atoms with van der Waals surface area (Å²) < 4.78 is 0. The van der Waals surface area contributed by atoms with Gasteiger partial charge in [-0.25, -0.2) is 0 Å². The lowest BCUT2D eigenvalue weighted by atomic mass is 10.0. The Kier molecular flexibility index (Phi) is 5.22. The van der Waals surface area contributed by atoms with Gasteiger partial charge in [0.1, 0.15) is 0 Å². The summed E-state index contributed by atoms with van der Waals surface area (Å²) in [7, 11) is 0. The molecule has 0 aliphatic carbocycles. The average molecular weight is 208 g/mol. The largest absolute Gasteiger partial charge is 0.293 e. The number of allylic oxidation sites excluding steroid dienone is 1. The Labute approximate surface area is 91.7 Å². The molecule has 3 nitrogen and oxygen atoms in total. The number of hydrogen-bond acceptors (Lipinski definition) is 2. The maximum absolute atomic E-state index is 11.2. The fraction of sp³-hybridized carbons (Fsp3) is 0.750. The lowest BCUT2D eigenvalue weighted by Gasteiger charge is -2.01. The summed E-state index contributed by atoms with van der Waals surface area (Å²) in [5.74, 6) is -0.124. The minimum Gasteiger partial charge on any atom is -0.265 e. The second-order valence-electron chi connectivity index (χ2n) is 4.09. The normalized spacial score (nSPS) is 15.5. The van der Waals surface area contributed by atoms with Crippen molar-refractivity contribution in [2.24, 2.45) is 10.2 Å². The third kappa shape index (κ3) is 3.94. The van der Waals surface area contributed by atoms with Crippen LogP contribution in [0.5, 0.6) is 0 Å². The summed E-state index contributed by atoms with van der Waals surface area (Å²) in [5, 5.41) is 7.32. The first-order valence-electron chi connectivity index (χ1n) is 5.91. The highest BCUT2D eigenvalue weighted by Crippen LogP contribution is 2.21. The smallest absolute Gasteiger partial charge is 0.265 e. The Hall–Kier alpha value is -0.990. The van der Waals surface area contributed by atoms with Gasteiger partial charge >= 0.3 is 0 Å². The molecule has 0 unspecified atom stereocenters. The third-order valence-corrected chi connectivity index (χ3v) is 2.77. The van der Waals surface area contributed by atoms with Crippen molar-refractivity contribution in [3.05, 3.63) is 11.3 Å². The molecule has 84 valence electrons. The minimum atomic E-state index is -0.124. The molecule has 1 aliphatic heterocycles. The van der Waals surface area contributed by atoms with Gasteiger partial charge in [0.2, 0.25) is 0 Å². The highest BCUT2D eigenvalue weighted by molar-refractivity contribution is 5.96. The predicted molar refractivity (Wildman–Crippen MR) is 60.6 cm³/mol. The van der Waals surface area contributed by atoms with Crippen molar-refractivity contribution in [3.8, 4) is 0 Å². The molecule has 15 heavy (non-hydrogen) atoms. The number of azo groups is 1. The zero-order valence-electron chi connectivity index (χ0n) is 9.75. The zero-order chi connectivity index (χ0) is 11.1. The summed E-state index contributed by atoms with van der Waals surface area (Å²) in [5.41, 5.74) is 1.64. The maximum atomic E-state index is 11.2. The molecule has 3 heteroatoms. The fourth-order valence-corrected chi connectivity index (χ4v) is 1.77. The zero-order valence-corrected chi connectivity index (χ0v) is 9.75. The van der Waals surface area contributed by atoms with Gasteiger partial charge < -0.3 is 0 Å². The molecule has 0 bridgehead atoms.